The third-order valence-corrected chi connectivity index (χ3v) is 5.50. The first-order valence-corrected chi connectivity index (χ1v) is 9.87. The van der Waals surface area contributed by atoms with E-state index >= 15 is 0 Å². The van der Waals surface area contributed by atoms with E-state index in [9.17, 15) is 4.79 Å². The summed E-state index contributed by atoms with van der Waals surface area (Å²) in [5.74, 6) is 0.307. The number of unbranched alkanes of at least 4 members (excludes halogenated alkanes) is 1. The number of amides is 1. The number of benzene rings is 1. The first-order valence-electron chi connectivity index (χ1n) is 8.07. The second-order valence-corrected chi connectivity index (χ2v) is 7.96. The monoisotopic (exact) mass is 364 g/mol. The van der Waals surface area contributed by atoms with Gasteiger partial charge in [0.15, 0.2) is 4.34 Å². The van der Waals surface area contributed by atoms with Crippen LogP contribution in [0.2, 0.25) is 0 Å². The maximum Gasteiger partial charge on any atom is 0.234 e. The molecule has 1 aromatic heterocycles. The van der Waals surface area contributed by atoms with Crippen LogP contribution in [0.3, 0.4) is 0 Å². The summed E-state index contributed by atoms with van der Waals surface area (Å²) in [6, 6.07) is 4.16. The molecule has 0 atom stereocenters. The Morgan fingerprint density at radius 1 is 1.21 bits per heavy atom. The predicted octanol–water partition coefficient (Wildman–Crippen LogP) is 4.41. The highest BCUT2D eigenvalue weighted by molar-refractivity contribution is 8.01. The molecule has 0 unspecified atom stereocenters. The van der Waals surface area contributed by atoms with Crippen LogP contribution in [-0.2, 0) is 4.79 Å². The number of carbonyl (C=O) groups excluding carboxylic acids is 1. The van der Waals surface area contributed by atoms with Crippen molar-refractivity contribution in [3.63, 3.8) is 0 Å². The molecule has 0 bridgehead atoms. The van der Waals surface area contributed by atoms with E-state index in [-0.39, 0.29) is 5.91 Å². The van der Waals surface area contributed by atoms with Crippen LogP contribution in [0.25, 0.3) is 0 Å². The minimum atomic E-state index is -0.0225. The number of aromatic nitrogens is 2. The van der Waals surface area contributed by atoms with E-state index in [1.165, 1.54) is 28.7 Å². The molecule has 2 aromatic rings. The minimum Gasteiger partial charge on any atom is -0.360 e. The van der Waals surface area contributed by atoms with Gasteiger partial charge in [-0.3, -0.25) is 4.79 Å². The van der Waals surface area contributed by atoms with Crippen molar-refractivity contribution in [1.82, 2.24) is 10.2 Å². The van der Waals surface area contributed by atoms with E-state index in [4.69, 9.17) is 0 Å². The molecule has 0 saturated heterocycles. The lowest BCUT2D eigenvalue weighted by Crippen LogP contribution is -2.15. The number of nitrogens with one attached hydrogen (secondary N) is 2. The van der Waals surface area contributed by atoms with Crippen molar-refractivity contribution >= 4 is 39.8 Å². The molecular weight excluding hydrogens is 340 g/mol. The molecule has 2 rings (SSSR count). The summed E-state index contributed by atoms with van der Waals surface area (Å²) in [5, 5.41) is 15.3. The summed E-state index contributed by atoms with van der Waals surface area (Å²) >= 11 is 2.91. The summed E-state index contributed by atoms with van der Waals surface area (Å²) in [4.78, 5) is 12.2. The summed E-state index contributed by atoms with van der Waals surface area (Å²) in [6.07, 6.45) is 2.26. The molecule has 2 N–H and O–H groups in total. The Hall–Kier alpha value is -1.60. The number of nitrogens with zero attached hydrogens (tertiary/aromatic N) is 2. The van der Waals surface area contributed by atoms with Crippen molar-refractivity contribution in [3.05, 3.63) is 28.8 Å². The first-order chi connectivity index (χ1) is 11.5. The molecule has 0 spiro atoms. The van der Waals surface area contributed by atoms with Crippen LogP contribution in [-0.4, -0.2) is 28.4 Å². The predicted molar refractivity (Wildman–Crippen MR) is 103 cm³/mol. The largest absolute Gasteiger partial charge is 0.360 e. The topological polar surface area (TPSA) is 66.9 Å². The van der Waals surface area contributed by atoms with Crippen LogP contribution < -0.4 is 10.6 Å². The van der Waals surface area contributed by atoms with Gasteiger partial charge >= 0.3 is 0 Å². The zero-order chi connectivity index (χ0) is 17.5. The lowest BCUT2D eigenvalue weighted by atomic mass is 10.1. The van der Waals surface area contributed by atoms with Crippen LogP contribution in [0.15, 0.2) is 16.5 Å². The van der Waals surface area contributed by atoms with Crippen LogP contribution in [0.1, 0.15) is 36.5 Å². The lowest BCUT2D eigenvalue weighted by molar-refractivity contribution is -0.113. The summed E-state index contributed by atoms with van der Waals surface area (Å²) < 4.78 is 0.807. The Balaban J connectivity index is 1.85. The lowest BCUT2D eigenvalue weighted by Gasteiger charge is -2.12. The van der Waals surface area contributed by atoms with Crippen LogP contribution >= 0.6 is 23.1 Å². The standard InChI is InChI=1S/C17H24N4OS2/c1-5-6-7-18-16-20-21-17(24-16)23-10-14(22)19-15-12(3)8-11(2)9-13(15)4/h8-9H,5-7,10H2,1-4H3,(H,18,20)(H,19,22). The van der Waals surface area contributed by atoms with Crippen molar-refractivity contribution < 1.29 is 4.79 Å². The fraction of sp³-hybridized carbons (Fsp3) is 0.471. The molecule has 0 fully saturated rings. The van der Waals surface area contributed by atoms with Gasteiger partial charge in [0, 0.05) is 12.2 Å². The Kier molecular flexibility index (Phi) is 7.05. The van der Waals surface area contributed by atoms with E-state index in [1.807, 2.05) is 13.8 Å². The fourth-order valence-electron chi connectivity index (χ4n) is 2.39. The smallest absolute Gasteiger partial charge is 0.234 e. The number of anilines is 2. The highest BCUT2D eigenvalue weighted by Gasteiger charge is 2.11. The zero-order valence-corrected chi connectivity index (χ0v) is 16.2. The van der Waals surface area contributed by atoms with Crippen molar-refractivity contribution in [2.75, 3.05) is 22.9 Å². The number of rotatable bonds is 8. The molecule has 0 aliphatic heterocycles. The normalized spacial score (nSPS) is 10.7. The molecule has 24 heavy (non-hydrogen) atoms. The molecule has 1 heterocycles. The molecule has 130 valence electrons. The van der Waals surface area contributed by atoms with E-state index in [2.05, 4.69) is 46.8 Å². The minimum absolute atomic E-state index is 0.0225. The SMILES string of the molecule is CCCCNc1nnc(SCC(=O)Nc2c(C)cc(C)cc2C)s1. The Labute approximate surface area is 151 Å². The Morgan fingerprint density at radius 3 is 2.58 bits per heavy atom. The maximum absolute atomic E-state index is 12.2. The van der Waals surface area contributed by atoms with Crippen LogP contribution in [0.5, 0.6) is 0 Å². The second-order valence-electron chi connectivity index (χ2n) is 5.76. The van der Waals surface area contributed by atoms with Gasteiger partial charge in [-0.2, -0.15) is 0 Å². The third kappa shape index (κ3) is 5.49. The number of hydrogen-bond acceptors (Lipinski definition) is 6. The van der Waals surface area contributed by atoms with E-state index in [0.29, 0.717) is 5.75 Å². The highest BCUT2D eigenvalue weighted by atomic mass is 32.2. The van der Waals surface area contributed by atoms with Gasteiger partial charge in [-0.05, 0) is 38.3 Å². The average Bonchev–Trinajstić information content (AvgIpc) is 2.97. The summed E-state index contributed by atoms with van der Waals surface area (Å²) in [7, 11) is 0. The van der Waals surface area contributed by atoms with Gasteiger partial charge in [0.25, 0.3) is 0 Å². The molecule has 0 radical (unpaired) electrons. The average molecular weight is 365 g/mol. The number of thioether (sulfide) groups is 1. The van der Waals surface area contributed by atoms with Gasteiger partial charge in [-0.25, -0.2) is 0 Å². The van der Waals surface area contributed by atoms with Crippen molar-refractivity contribution in [3.8, 4) is 0 Å². The number of aryl methyl sites for hydroxylation is 3. The molecular formula is C17H24N4OS2. The van der Waals surface area contributed by atoms with Crippen LogP contribution in [0, 0.1) is 20.8 Å². The fourth-order valence-corrected chi connectivity index (χ4v) is 3.97. The highest BCUT2D eigenvalue weighted by Crippen LogP contribution is 2.26. The molecule has 7 heteroatoms. The maximum atomic E-state index is 12.2. The molecule has 1 amide bonds. The van der Waals surface area contributed by atoms with E-state index in [1.54, 1.807) is 0 Å². The zero-order valence-electron chi connectivity index (χ0n) is 14.6. The molecule has 1 aromatic carbocycles. The molecule has 5 nitrogen and oxygen atoms in total. The van der Waals surface area contributed by atoms with E-state index in [0.717, 1.165) is 45.7 Å². The van der Waals surface area contributed by atoms with Crippen LogP contribution in [0.4, 0.5) is 10.8 Å². The van der Waals surface area contributed by atoms with Gasteiger partial charge in [-0.1, -0.05) is 54.1 Å². The number of carbonyl (C=O) groups is 1. The summed E-state index contributed by atoms with van der Waals surface area (Å²) in [6.45, 7) is 9.15. The second kappa shape index (κ2) is 9.03. The summed E-state index contributed by atoms with van der Waals surface area (Å²) in [5.41, 5.74) is 4.29. The Morgan fingerprint density at radius 2 is 1.92 bits per heavy atom. The quantitative estimate of drug-likeness (QED) is 0.536. The van der Waals surface area contributed by atoms with E-state index < -0.39 is 0 Å². The first kappa shape index (κ1) is 18.7. The van der Waals surface area contributed by atoms with Gasteiger partial charge in [0.1, 0.15) is 0 Å². The van der Waals surface area contributed by atoms with Gasteiger partial charge in [-0.15, -0.1) is 10.2 Å². The Bertz CT molecular complexity index is 677. The van der Waals surface area contributed by atoms with Gasteiger partial charge < -0.3 is 10.6 Å². The van der Waals surface area contributed by atoms with Crippen molar-refractivity contribution in [2.45, 2.75) is 44.9 Å². The van der Waals surface area contributed by atoms with Crippen molar-refractivity contribution in [2.24, 2.45) is 0 Å². The van der Waals surface area contributed by atoms with Gasteiger partial charge in [0.2, 0.25) is 11.0 Å². The molecule has 0 aliphatic rings. The van der Waals surface area contributed by atoms with Gasteiger partial charge in [0.05, 0.1) is 5.75 Å². The molecule has 0 saturated carbocycles. The third-order valence-electron chi connectivity index (χ3n) is 3.48. The number of hydrogen-bond donors (Lipinski definition) is 2. The van der Waals surface area contributed by atoms with Crippen molar-refractivity contribution in [1.29, 1.82) is 0 Å². The molecule has 0 aliphatic carbocycles.